The first-order chi connectivity index (χ1) is 12.3. The van der Waals surface area contributed by atoms with E-state index in [1.807, 2.05) is 30.3 Å². The van der Waals surface area contributed by atoms with Gasteiger partial charge >= 0.3 is 17.9 Å². The van der Waals surface area contributed by atoms with Crippen molar-refractivity contribution in [3.05, 3.63) is 35.9 Å². The van der Waals surface area contributed by atoms with Crippen LogP contribution in [0.3, 0.4) is 0 Å². The van der Waals surface area contributed by atoms with Crippen LogP contribution in [0.25, 0.3) is 0 Å². The molecule has 0 aromatic heterocycles. The highest BCUT2D eigenvalue weighted by molar-refractivity contribution is 5.94. The predicted octanol–water partition coefficient (Wildman–Crippen LogP) is 1.62. The minimum atomic E-state index is -1.43. The highest BCUT2D eigenvalue weighted by Gasteiger charge is 2.62. The second-order valence-electron chi connectivity index (χ2n) is 6.74. The molecule has 0 aliphatic carbocycles. The Labute approximate surface area is 153 Å². The van der Waals surface area contributed by atoms with Gasteiger partial charge in [0.05, 0.1) is 26.2 Å². The van der Waals surface area contributed by atoms with Crippen molar-refractivity contribution < 1.29 is 28.6 Å². The average Bonchev–Trinajstić information content (AvgIpc) is 2.95. The Kier molecular flexibility index (Phi) is 6.02. The van der Waals surface area contributed by atoms with Crippen molar-refractivity contribution in [3.8, 4) is 0 Å². The van der Waals surface area contributed by atoms with Gasteiger partial charge in [0, 0.05) is 6.04 Å². The molecule has 0 unspecified atom stereocenters. The minimum Gasteiger partial charge on any atom is -0.469 e. The summed E-state index contributed by atoms with van der Waals surface area (Å²) in [5, 5.41) is 3.14. The monoisotopic (exact) mass is 363 g/mol. The van der Waals surface area contributed by atoms with Crippen molar-refractivity contribution in [1.82, 2.24) is 5.32 Å². The van der Waals surface area contributed by atoms with E-state index >= 15 is 0 Å². The molecular weight excluding hydrogens is 338 g/mol. The molecule has 1 heterocycles. The van der Waals surface area contributed by atoms with Crippen LogP contribution >= 0.6 is 0 Å². The maximum absolute atomic E-state index is 12.8. The standard InChI is InChI=1S/C19H25NO6/c1-11(2)26-18(23)19(3)14(17(22)25-5)13(16(21)24-4)15(20-19)12-9-7-6-8-10-12/h6-11,13-15,20H,1-5H3/t13-,14-,15+,19+/m1/s1. The van der Waals surface area contributed by atoms with Gasteiger partial charge in [-0.05, 0) is 26.3 Å². The first-order valence-electron chi connectivity index (χ1n) is 8.45. The van der Waals surface area contributed by atoms with Gasteiger partial charge in [-0.15, -0.1) is 0 Å². The van der Waals surface area contributed by atoms with Gasteiger partial charge in [0.2, 0.25) is 0 Å². The largest absolute Gasteiger partial charge is 0.469 e. The van der Waals surface area contributed by atoms with Gasteiger partial charge < -0.3 is 14.2 Å². The Morgan fingerprint density at radius 1 is 1.04 bits per heavy atom. The van der Waals surface area contributed by atoms with E-state index in [1.54, 1.807) is 20.8 Å². The zero-order chi connectivity index (χ0) is 19.5. The molecule has 0 spiro atoms. The third-order valence-corrected chi connectivity index (χ3v) is 4.65. The van der Waals surface area contributed by atoms with Crippen molar-refractivity contribution in [3.63, 3.8) is 0 Å². The number of nitrogens with one attached hydrogen (secondary N) is 1. The predicted molar refractivity (Wildman–Crippen MR) is 93.0 cm³/mol. The smallest absolute Gasteiger partial charge is 0.327 e. The number of carbonyl (C=O) groups excluding carboxylic acids is 3. The molecule has 1 aromatic carbocycles. The first-order valence-corrected chi connectivity index (χ1v) is 8.45. The number of methoxy groups -OCH3 is 2. The van der Waals surface area contributed by atoms with Crippen molar-refractivity contribution in [2.45, 2.75) is 38.5 Å². The summed E-state index contributed by atoms with van der Waals surface area (Å²) >= 11 is 0. The van der Waals surface area contributed by atoms with Crippen LogP contribution in [0.1, 0.15) is 32.4 Å². The van der Waals surface area contributed by atoms with E-state index in [0.29, 0.717) is 0 Å². The SMILES string of the molecule is COC(=O)[C@H]1[C@H](c2ccccc2)N[C@](C)(C(=O)OC(C)C)[C@H]1C(=O)OC. The molecular formula is C19H25NO6. The van der Waals surface area contributed by atoms with Gasteiger partial charge in [0.1, 0.15) is 11.5 Å². The summed E-state index contributed by atoms with van der Waals surface area (Å²) in [6.45, 7) is 4.99. The summed E-state index contributed by atoms with van der Waals surface area (Å²) in [5.41, 5.74) is -0.672. The zero-order valence-electron chi connectivity index (χ0n) is 15.6. The van der Waals surface area contributed by atoms with Crippen LogP contribution in [-0.4, -0.2) is 43.8 Å². The van der Waals surface area contributed by atoms with Crippen molar-refractivity contribution in [2.75, 3.05) is 14.2 Å². The molecule has 142 valence electrons. The van der Waals surface area contributed by atoms with Crippen LogP contribution in [0.15, 0.2) is 30.3 Å². The number of ether oxygens (including phenoxy) is 3. The summed E-state index contributed by atoms with van der Waals surface area (Å²) in [7, 11) is 2.47. The third kappa shape index (κ3) is 3.58. The fourth-order valence-electron chi connectivity index (χ4n) is 3.45. The highest BCUT2D eigenvalue weighted by Crippen LogP contribution is 2.45. The van der Waals surface area contributed by atoms with Gasteiger partial charge in [-0.25, -0.2) is 0 Å². The molecule has 1 N–H and O–H groups in total. The summed E-state index contributed by atoms with van der Waals surface area (Å²) in [5.74, 6) is -3.90. The van der Waals surface area contributed by atoms with Crippen molar-refractivity contribution in [2.24, 2.45) is 11.8 Å². The molecule has 1 aliphatic heterocycles. The molecule has 0 radical (unpaired) electrons. The number of hydrogen-bond donors (Lipinski definition) is 1. The Morgan fingerprint density at radius 3 is 2.12 bits per heavy atom. The van der Waals surface area contributed by atoms with Crippen molar-refractivity contribution in [1.29, 1.82) is 0 Å². The maximum atomic E-state index is 12.8. The van der Waals surface area contributed by atoms with E-state index in [2.05, 4.69) is 5.32 Å². The summed E-state index contributed by atoms with van der Waals surface area (Å²) in [6, 6.07) is 8.53. The fourth-order valence-corrected chi connectivity index (χ4v) is 3.45. The Hall–Kier alpha value is -2.41. The van der Waals surface area contributed by atoms with E-state index in [1.165, 1.54) is 14.2 Å². The normalized spacial score (nSPS) is 27.8. The van der Waals surface area contributed by atoms with E-state index in [4.69, 9.17) is 14.2 Å². The number of esters is 3. The highest BCUT2D eigenvalue weighted by atomic mass is 16.5. The molecule has 1 fully saturated rings. The number of hydrogen-bond acceptors (Lipinski definition) is 7. The second-order valence-corrected chi connectivity index (χ2v) is 6.74. The third-order valence-electron chi connectivity index (χ3n) is 4.65. The van der Waals surface area contributed by atoms with Crippen LogP contribution in [0.4, 0.5) is 0 Å². The lowest BCUT2D eigenvalue weighted by molar-refractivity contribution is -0.166. The molecule has 0 saturated carbocycles. The van der Waals surface area contributed by atoms with E-state index < -0.39 is 41.3 Å². The van der Waals surface area contributed by atoms with Crippen LogP contribution < -0.4 is 5.32 Å². The molecule has 1 aromatic rings. The van der Waals surface area contributed by atoms with Crippen LogP contribution in [0, 0.1) is 11.8 Å². The van der Waals surface area contributed by atoms with Crippen LogP contribution in [0.2, 0.25) is 0 Å². The lowest BCUT2D eigenvalue weighted by Crippen LogP contribution is -2.54. The molecule has 7 heteroatoms. The summed E-state index contributed by atoms with van der Waals surface area (Å²) in [6.07, 6.45) is -0.369. The lowest BCUT2D eigenvalue weighted by atomic mass is 9.78. The fraction of sp³-hybridized carbons (Fsp3) is 0.526. The molecule has 0 amide bonds. The molecule has 1 saturated heterocycles. The van der Waals surface area contributed by atoms with E-state index in [0.717, 1.165) is 5.56 Å². The molecule has 26 heavy (non-hydrogen) atoms. The average molecular weight is 363 g/mol. The summed E-state index contributed by atoms with van der Waals surface area (Å²) in [4.78, 5) is 37.9. The molecule has 4 atom stereocenters. The molecule has 1 aliphatic rings. The number of rotatable bonds is 5. The minimum absolute atomic E-state index is 0.369. The molecule has 2 rings (SSSR count). The summed E-state index contributed by atoms with van der Waals surface area (Å²) < 4.78 is 15.2. The topological polar surface area (TPSA) is 90.9 Å². The number of benzene rings is 1. The van der Waals surface area contributed by atoms with Crippen LogP contribution in [-0.2, 0) is 28.6 Å². The Morgan fingerprint density at radius 2 is 1.62 bits per heavy atom. The lowest BCUT2D eigenvalue weighted by Gasteiger charge is -2.29. The van der Waals surface area contributed by atoms with Gasteiger partial charge in [-0.3, -0.25) is 19.7 Å². The van der Waals surface area contributed by atoms with Gasteiger partial charge in [0.25, 0.3) is 0 Å². The van der Waals surface area contributed by atoms with Gasteiger partial charge in [-0.1, -0.05) is 30.3 Å². The molecule has 0 bridgehead atoms. The maximum Gasteiger partial charge on any atom is 0.327 e. The van der Waals surface area contributed by atoms with Gasteiger partial charge in [-0.2, -0.15) is 0 Å². The molecule has 7 nitrogen and oxygen atoms in total. The Bertz CT molecular complexity index is 674. The quantitative estimate of drug-likeness (QED) is 0.628. The van der Waals surface area contributed by atoms with Crippen molar-refractivity contribution >= 4 is 17.9 Å². The zero-order valence-corrected chi connectivity index (χ0v) is 15.6. The van der Waals surface area contributed by atoms with E-state index in [9.17, 15) is 14.4 Å². The first kappa shape index (κ1) is 19.9. The van der Waals surface area contributed by atoms with Crippen LogP contribution in [0.5, 0.6) is 0 Å². The van der Waals surface area contributed by atoms with E-state index in [-0.39, 0.29) is 6.10 Å². The van der Waals surface area contributed by atoms with Gasteiger partial charge in [0.15, 0.2) is 0 Å². The Balaban J connectivity index is 2.56. The second kappa shape index (κ2) is 7.86. The number of carbonyl (C=O) groups is 3.